The van der Waals surface area contributed by atoms with Crippen LogP contribution in [0.4, 0.5) is 5.69 Å². The smallest absolute Gasteiger partial charge is 0.0393 e. The minimum Gasteiger partial charge on any atom is -0.374 e. The summed E-state index contributed by atoms with van der Waals surface area (Å²) in [5, 5.41) is 0. The molecule has 1 aliphatic carbocycles. The van der Waals surface area contributed by atoms with Crippen molar-refractivity contribution in [1.29, 1.82) is 0 Å². The van der Waals surface area contributed by atoms with Gasteiger partial charge in [0.1, 0.15) is 0 Å². The Morgan fingerprint density at radius 2 is 2.06 bits per heavy atom. The molecule has 2 unspecified atom stereocenters. The number of nitrogens with zero attached hydrogens (tertiary/aromatic N) is 1. The second-order valence-electron chi connectivity index (χ2n) is 5.02. The van der Waals surface area contributed by atoms with Gasteiger partial charge in [-0.05, 0) is 37.3 Å². The summed E-state index contributed by atoms with van der Waals surface area (Å²) in [7, 11) is 2.17. The van der Waals surface area contributed by atoms with Crippen molar-refractivity contribution < 1.29 is 0 Å². The van der Waals surface area contributed by atoms with Crippen molar-refractivity contribution in [2.45, 2.75) is 32.2 Å². The highest BCUT2D eigenvalue weighted by atomic mass is 15.1. The van der Waals surface area contributed by atoms with E-state index >= 15 is 0 Å². The van der Waals surface area contributed by atoms with Gasteiger partial charge in [0.25, 0.3) is 0 Å². The van der Waals surface area contributed by atoms with Crippen molar-refractivity contribution in [2.75, 3.05) is 18.5 Å². The van der Waals surface area contributed by atoms with Gasteiger partial charge >= 0.3 is 0 Å². The maximum absolute atomic E-state index is 6.12. The Kier molecular flexibility index (Phi) is 3.49. The molecular formula is C14H22N2. The Labute approximate surface area is 98.4 Å². The van der Waals surface area contributed by atoms with Crippen molar-refractivity contribution in [3.63, 3.8) is 0 Å². The van der Waals surface area contributed by atoms with E-state index in [1.54, 1.807) is 0 Å². The summed E-state index contributed by atoms with van der Waals surface area (Å²) in [4.78, 5) is 2.35. The maximum Gasteiger partial charge on any atom is 0.0393 e. The number of para-hydroxylation sites is 1. The molecule has 88 valence electrons. The van der Waals surface area contributed by atoms with Gasteiger partial charge < -0.3 is 10.6 Å². The third-order valence-electron chi connectivity index (χ3n) is 3.75. The summed E-state index contributed by atoms with van der Waals surface area (Å²) >= 11 is 0. The Bertz CT molecular complexity index is 348. The fourth-order valence-corrected chi connectivity index (χ4v) is 2.73. The average molecular weight is 218 g/mol. The largest absolute Gasteiger partial charge is 0.374 e. The van der Waals surface area contributed by atoms with Crippen LogP contribution >= 0.6 is 0 Å². The van der Waals surface area contributed by atoms with E-state index in [1.807, 2.05) is 0 Å². The second kappa shape index (κ2) is 4.88. The van der Waals surface area contributed by atoms with Gasteiger partial charge in [-0.3, -0.25) is 0 Å². The van der Waals surface area contributed by atoms with E-state index in [4.69, 9.17) is 5.73 Å². The molecule has 0 heterocycles. The first-order valence-corrected chi connectivity index (χ1v) is 6.21. The van der Waals surface area contributed by atoms with Crippen molar-refractivity contribution in [1.82, 2.24) is 0 Å². The SMILES string of the molecule is Cc1ccccc1N(C)CC1CCCC1N. The van der Waals surface area contributed by atoms with E-state index < -0.39 is 0 Å². The van der Waals surface area contributed by atoms with E-state index in [2.05, 4.69) is 43.1 Å². The zero-order valence-electron chi connectivity index (χ0n) is 10.3. The number of hydrogen-bond acceptors (Lipinski definition) is 2. The molecule has 0 aliphatic heterocycles. The molecule has 1 aliphatic rings. The van der Waals surface area contributed by atoms with E-state index in [0.717, 1.165) is 6.54 Å². The van der Waals surface area contributed by atoms with Gasteiger partial charge in [0, 0.05) is 25.3 Å². The van der Waals surface area contributed by atoms with Crippen molar-refractivity contribution in [2.24, 2.45) is 11.7 Å². The summed E-state index contributed by atoms with van der Waals surface area (Å²) in [6.07, 6.45) is 3.79. The number of nitrogens with two attached hydrogens (primary N) is 1. The fraction of sp³-hybridized carbons (Fsp3) is 0.571. The quantitative estimate of drug-likeness (QED) is 0.845. The van der Waals surface area contributed by atoms with Gasteiger partial charge in [-0.25, -0.2) is 0 Å². The van der Waals surface area contributed by atoms with Crippen molar-refractivity contribution >= 4 is 5.69 Å². The van der Waals surface area contributed by atoms with Crippen LogP contribution in [-0.2, 0) is 0 Å². The monoisotopic (exact) mass is 218 g/mol. The van der Waals surface area contributed by atoms with Crippen LogP contribution in [0.25, 0.3) is 0 Å². The molecule has 2 N–H and O–H groups in total. The van der Waals surface area contributed by atoms with E-state index in [0.29, 0.717) is 12.0 Å². The van der Waals surface area contributed by atoms with Gasteiger partial charge in [-0.1, -0.05) is 24.6 Å². The standard InChI is InChI=1S/C14H22N2/c1-11-6-3-4-9-14(11)16(2)10-12-7-5-8-13(12)15/h3-4,6,9,12-13H,5,7-8,10,15H2,1-2H3. The Hall–Kier alpha value is -1.02. The van der Waals surface area contributed by atoms with Gasteiger partial charge in [0.05, 0.1) is 0 Å². The lowest BCUT2D eigenvalue weighted by Gasteiger charge is -2.26. The van der Waals surface area contributed by atoms with Gasteiger partial charge in [-0.2, -0.15) is 0 Å². The number of anilines is 1. The summed E-state index contributed by atoms with van der Waals surface area (Å²) in [6, 6.07) is 8.96. The number of aryl methyl sites for hydroxylation is 1. The van der Waals surface area contributed by atoms with Gasteiger partial charge in [-0.15, -0.1) is 0 Å². The molecule has 2 atom stereocenters. The normalized spacial score (nSPS) is 24.7. The van der Waals surface area contributed by atoms with Crippen LogP contribution < -0.4 is 10.6 Å². The molecule has 1 saturated carbocycles. The molecule has 0 bridgehead atoms. The van der Waals surface area contributed by atoms with Gasteiger partial charge in [0.2, 0.25) is 0 Å². The molecule has 0 aromatic heterocycles. The molecule has 0 spiro atoms. The highest BCUT2D eigenvalue weighted by molar-refractivity contribution is 5.52. The van der Waals surface area contributed by atoms with Crippen LogP contribution in [0.15, 0.2) is 24.3 Å². The zero-order valence-corrected chi connectivity index (χ0v) is 10.3. The lowest BCUT2D eigenvalue weighted by atomic mass is 10.0. The topological polar surface area (TPSA) is 29.3 Å². The zero-order chi connectivity index (χ0) is 11.5. The van der Waals surface area contributed by atoms with Crippen LogP contribution in [0.2, 0.25) is 0 Å². The highest BCUT2D eigenvalue weighted by Crippen LogP contribution is 2.27. The molecule has 1 fully saturated rings. The minimum atomic E-state index is 0.409. The van der Waals surface area contributed by atoms with Crippen molar-refractivity contribution in [3.05, 3.63) is 29.8 Å². The summed E-state index contributed by atoms with van der Waals surface area (Å²) in [5.74, 6) is 0.671. The van der Waals surface area contributed by atoms with E-state index in [-0.39, 0.29) is 0 Å². The van der Waals surface area contributed by atoms with Crippen LogP contribution in [0.1, 0.15) is 24.8 Å². The van der Waals surface area contributed by atoms with E-state index in [9.17, 15) is 0 Å². The minimum absolute atomic E-state index is 0.409. The summed E-state index contributed by atoms with van der Waals surface area (Å²) in [5.41, 5.74) is 8.80. The fourth-order valence-electron chi connectivity index (χ4n) is 2.73. The molecule has 0 amide bonds. The van der Waals surface area contributed by atoms with Crippen LogP contribution in [-0.4, -0.2) is 19.6 Å². The predicted molar refractivity (Wildman–Crippen MR) is 69.8 cm³/mol. The number of benzene rings is 1. The Morgan fingerprint density at radius 3 is 2.69 bits per heavy atom. The molecule has 0 radical (unpaired) electrons. The van der Waals surface area contributed by atoms with E-state index in [1.165, 1.54) is 30.5 Å². The van der Waals surface area contributed by atoms with Crippen LogP contribution in [0.5, 0.6) is 0 Å². The van der Waals surface area contributed by atoms with Gasteiger partial charge in [0.15, 0.2) is 0 Å². The maximum atomic E-state index is 6.12. The summed E-state index contributed by atoms with van der Waals surface area (Å²) in [6.45, 7) is 3.26. The molecule has 1 aromatic rings. The molecule has 16 heavy (non-hydrogen) atoms. The lowest BCUT2D eigenvalue weighted by molar-refractivity contribution is 0.482. The van der Waals surface area contributed by atoms with Crippen LogP contribution in [0, 0.1) is 12.8 Å². The summed E-state index contributed by atoms with van der Waals surface area (Å²) < 4.78 is 0. The Balaban J connectivity index is 2.03. The third kappa shape index (κ3) is 2.38. The first kappa shape index (κ1) is 11.5. The highest BCUT2D eigenvalue weighted by Gasteiger charge is 2.25. The molecule has 2 rings (SSSR count). The predicted octanol–water partition coefficient (Wildman–Crippen LogP) is 2.56. The second-order valence-corrected chi connectivity index (χ2v) is 5.02. The third-order valence-corrected chi connectivity index (χ3v) is 3.75. The number of rotatable bonds is 3. The first-order chi connectivity index (χ1) is 7.68. The van der Waals surface area contributed by atoms with Crippen LogP contribution in [0.3, 0.4) is 0 Å². The number of hydrogen-bond donors (Lipinski definition) is 1. The lowest BCUT2D eigenvalue weighted by Crippen LogP contribution is -2.34. The molecule has 2 nitrogen and oxygen atoms in total. The average Bonchev–Trinajstić information content (AvgIpc) is 2.65. The molecule has 1 aromatic carbocycles. The first-order valence-electron chi connectivity index (χ1n) is 6.21. The molecule has 0 saturated heterocycles. The molecular weight excluding hydrogens is 196 g/mol. The Morgan fingerprint density at radius 1 is 1.31 bits per heavy atom. The molecule has 2 heteroatoms. The van der Waals surface area contributed by atoms with Crippen molar-refractivity contribution in [3.8, 4) is 0 Å².